The fraction of sp³-hybridized carbons (Fsp3) is 0.400. The average molecular weight is 275 g/mol. The summed E-state index contributed by atoms with van der Waals surface area (Å²) in [7, 11) is 0. The van der Waals surface area contributed by atoms with E-state index in [1.165, 1.54) is 18.1 Å². The molecule has 0 fully saturated rings. The summed E-state index contributed by atoms with van der Waals surface area (Å²) < 4.78 is 0. The second-order valence-electron chi connectivity index (χ2n) is 5.06. The predicted octanol–water partition coefficient (Wildman–Crippen LogP) is 1.34. The number of Topliss-reactive ketones (excluding diaryl/α,β-unsaturated/α-hetero) is 1. The highest BCUT2D eigenvalue weighted by Crippen LogP contribution is 2.23. The molecule has 0 spiro atoms. The maximum Gasteiger partial charge on any atom is 0.326 e. The number of carboxylic acid groups (broad SMARTS) is 1. The van der Waals surface area contributed by atoms with Crippen molar-refractivity contribution in [2.45, 2.75) is 38.6 Å². The minimum Gasteiger partial charge on any atom is -0.480 e. The maximum absolute atomic E-state index is 12.1. The topological polar surface area (TPSA) is 83.5 Å². The summed E-state index contributed by atoms with van der Waals surface area (Å²) in [5, 5.41) is 11.3. The Morgan fingerprint density at radius 2 is 1.95 bits per heavy atom. The van der Waals surface area contributed by atoms with Crippen molar-refractivity contribution in [3.05, 3.63) is 34.9 Å². The van der Waals surface area contributed by atoms with Crippen molar-refractivity contribution < 1.29 is 19.5 Å². The van der Waals surface area contributed by atoms with Gasteiger partial charge in [-0.3, -0.25) is 9.59 Å². The number of carboxylic acids is 1. The summed E-state index contributed by atoms with van der Waals surface area (Å²) in [6.07, 6.45) is 2.86. The quantitative estimate of drug-likeness (QED) is 0.794. The lowest BCUT2D eigenvalue weighted by Gasteiger charge is -2.12. The first kappa shape index (κ1) is 14.2. The first-order valence-electron chi connectivity index (χ1n) is 6.62. The normalized spacial score (nSPS) is 14.4. The van der Waals surface area contributed by atoms with Gasteiger partial charge in [-0.1, -0.05) is 12.1 Å². The van der Waals surface area contributed by atoms with E-state index in [2.05, 4.69) is 5.32 Å². The van der Waals surface area contributed by atoms with Crippen LogP contribution in [0.5, 0.6) is 0 Å². The summed E-state index contributed by atoms with van der Waals surface area (Å²) >= 11 is 0. The minimum atomic E-state index is -1.20. The zero-order valence-corrected chi connectivity index (χ0v) is 11.3. The number of aryl methyl sites for hydroxylation is 2. The monoisotopic (exact) mass is 275 g/mol. The molecule has 1 aromatic carbocycles. The van der Waals surface area contributed by atoms with Crippen LogP contribution in [0.4, 0.5) is 0 Å². The highest BCUT2D eigenvalue weighted by molar-refractivity contribution is 5.99. The molecule has 0 saturated heterocycles. The Balaban J connectivity index is 2.10. The average Bonchev–Trinajstić information content (AvgIpc) is 2.84. The van der Waals surface area contributed by atoms with Gasteiger partial charge in [-0.2, -0.15) is 0 Å². The Kier molecular flexibility index (Phi) is 4.17. The molecule has 0 radical (unpaired) electrons. The van der Waals surface area contributed by atoms with Gasteiger partial charge in [-0.05, 0) is 36.5 Å². The summed E-state index contributed by atoms with van der Waals surface area (Å²) in [6.45, 7) is 1.23. The van der Waals surface area contributed by atoms with E-state index in [1.807, 2.05) is 12.1 Å². The molecule has 0 aromatic heterocycles. The van der Waals surface area contributed by atoms with Gasteiger partial charge in [0, 0.05) is 18.9 Å². The SMILES string of the molecule is CC(=O)NC(CC(=O)c1ccc2c(c1)CCC2)C(=O)O. The molecule has 0 heterocycles. The van der Waals surface area contributed by atoms with Crippen LogP contribution < -0.4 is 5.32 Å². The Hall–Kier alpha value is -2.17. The van der Waals surface area contributed by atoms with Gasteiger partial charge in [0.15, 0.2) is 5.78 Å². The van der Waals surface area contributed by atoms with Crippen molar-refractivity contribution in [3.63, 3.8) is 0 Å². The molecule has 1 unspecified atom stereocenters. The number of hydrogen-bond donors (Lipinski definition) is 2. The van der Waals surface area contributed by atoms with E-state index < -0.39 is 17.9 Å². The first-order chi connectivity index (χ1) is 9.47. The van der Waals surface area contributed by atoms with Crippen LogP contribution in [0.15, 0.2) is 18.2 Å². The van der Waals surface area contributed by atoms with Gasteiger partial charge in [0.2, 0.25) is 5.91 Å². The van der Waals surface area contributed by atoms with Crippen molar-refractivity contribution >= 4 is 17.7 Å². The molecular formula is C15H17NO4. The number of carbonyl (C=O) groups excluding carboxylic acids is 2. The first-order valence-corrected chi connectivity index (χ1v) is 6.62. The van der Waals surface area contributed by atoms with Gasteiger partial charge in [0.25, 0.3) is 0 Å². The lowest BCUT2D eigenvalue weighted by Crippen LogP contribution is -2.41. The number of rotatable bonds is 5. The number of fused-ring (bicyclic) bond motifs is 1. The molecule has 0 aliphatic heterocycles. The van der Waals surface area contributed by atoms with Crippen LogP contribution in [0.2, 0.25) is 0 Å². The fourth-order valence-corrected chi connectivity index (χ4v) is 2.49. The number of benzene rings is 1. The van der Waals surface area contributed by atoms with E-state index in [1.54, 1.807) is 6.07 Å². The van der Waals surface area contributed by atoms with Crippen LogP contribution in [-0.2, 0) is 22.4 Å². The Morgan fingerprint density at radius 3 is 2.60 bits per heavy atom. The molecule has 2 N–H and O–H groups in total. The smallest absolute Gasteiger partial charge is 0.326 e. The highest BCUT2D eigenvalue weighted by Gasteiger charge is 2.23. The third kappa shape index (κ3) is 3.23. The van der Waals surface area contributed by atoms with E-state index >= 15 is 0 Å². The molecule has 0 saturated carbocycles. The molecule has 5 nitrogen and oxygen atoms in total. The molecule has 20 heavy (non-hydrogen) atoms. The molecule has 1 aliphatic carbocycles. The molecule has 1 aliphatic rings. The lowest BCUT2D eigenvalue weighted by molar-refractivity contribution is -0.141. The van der Waals surface area contributed by atoms with Gasteiger partial charge in [0.05, 0.1) is 0 Å². The minimum absolute atomic E-state index is 0.228. The van der Waals surface area contributed by atoms with Crippen LogP contribution in [0.3, 0.4) is 0 Å². The van der Waals surface area contributed by atoms with Crippen molar-refractivity contribution in [1.82, 2.24) is 5.32 Å². The predicted molar refractivity (Wildman–Crippen MR) is 72.7 cm³/mol. The van der Waals surface area contributed by atoms with Crippen molar-refractivity contribution in [3.8, 4) is 0 Å². The standard InChI is InChI=1S/C15H17NO4/c1-9(17)16-13(15(19)20)8-14(18)12-6-5-10-3-2-4-11(10)7-12/h5-7,13H,2-4,8H2,1H3,(H,16,17)(H,19,20). The molecule has 2 rings (SSSR count). The largest absolute Gasteiger partial charge is 0.480 e. The third-order valence-corrected chi connectivity index (χ3v) is 3.49. The van der Waals surface area contributed by atoms with Crippen LogP contribution >= 0.6 is 0 Å². The Bertz CT molecular complexity index is 565. The maximum atomic E-state index is 12.1. The highest BCUT2D eigenvalue weighted by atomic mass is 16.4. The summed E-state index contributed by atoms with van der Waals surface area (Å²) in [5.74, 6) is -1.92. The summed E-state index contributed by atoms with van der Waals surface area (Å²) in [4.78, 5) is 34.1. The number of hydrogen-bond acceptors (Lipinski definition) is 3. The van der Waals surface area contributed by atoms with E-state index in [9.17, 15) is 14.4 Å². The number of amides is 1. The zero-order valence-electron chi connectivity index (χ0n) is 11.3. The Labute approximate surface area is 117 Å². The van der Waals surface area contributed by atoms with Crippen LogP contribution in [0.1, 0.15) is 41.3 Å². The number of carbonyl (C=O) groups is 3. The Morgan fingerprint density at radius 1 is 1.25 bits per heavy atom. The zero-order chi connectivity index (χ0) is 14.7. The molecular weight excluding hydrogens is 258 g/mol. The second kappa shape index (κ2) is 5.86. The molecule has 106 valence electrons. The molecule has 1 amide bonds. The van der Waals surface area contributed by atoms with Gasteiger partial charge >= 0.3 is 5.97 Å². The number of ketones is 1. The fourth-order valence-electron chi connectivity index (χ4n) is 2.49. The second-order valence-corrected chi connectivity index (χ2v) is 5.06. The van der Waals surface area contributed by atoms with E-state index in [0.29, 0.717) is 5.56 Å². The summed E-state index contributed by atoms with van der Waals surface area (Å²) in [6, 6.07) is 4.34. The van der Waals surface area contributed by atoms with Crippen LogP contribution in [0.25, 0.3) is 0 Å². The molecule has 1 aromatic rings. The lowest BCUT2D eigenvalue weighted by atomic mass is 9.99. The molecule has 5 heteroatoms. The van der Waals surface area contributed by atoms with Gasteiger partial charge in [0.1, 0.15) is 6.04 Å². The molecule has 1 atom stereocenters. The molecule has 0 bridgehead atoms. The van der Waals surface area contributed by atoms with Crippen molar-refractivity contribution in [2.24, 2.45) is 0 Å². The van der Waals surface area contributed by atoms with E-state index in [0.717, 1.165) is 19.3 Å². The van der Waals surface area contributed by atoms with Gasteiger partial charge in [-0.25, -0.2) is 4.79 Å². The van der Waals surface area contributed by atoms with Crippen molar-refractivity contribution in [2.75, 3.05) is 0 Å². The van der Waals surface area contributed by atoms with Crippen LogP contribution in [0, 0.1) is 0 Å². The third-order valence-electron chi connectivity index (χ3n) is 3.49. The van der Waals surface area contributed by atoms with E-state index in [4.69, 9.17) is 5.11 Å². The van der Waals surface area contributed by atoms with Gasteiger partial charge < -0.3 is 10.4 Å². The van der Waals surface area contributed by atoms with Crippen molar-refractivity contribution in [1.29, 1.82) is 0 Å². The van der Waals surface area contributed by atoms with Gasteiger partial charge in [-0.15, -0.1) is 0 Å². The summed E-state index contributed by atoms with van der Waals surface area (Å²) in [5.41, 5.74) is 2.95. The van der Waals surface area contributed by atoms with E-state index in [-0.39, 0.29) is 12.2 Å². The number of aliphatic carboxylic acids is 1. The van der Waals surface area contributed by atoms with Crippen LogP contribution in [-0.4, -0.2) is 28.8 Å². The number of nitrogens with one attached hydrogen (secondary N) is 1.